The minimum atomic E-state index is 0.997. The van der Waals surface area contributed by atoms with Crippen LogP contribution in [-0.2, 0) is 33.3 Å². The van der Waals surface area contributed by atoms with Gasteiger partial charge in [0.25, 0.3) is 0 Å². The Kier molecular flexibility index (Phi) is 28.2. The molecule has 1 aliphatic carbocycles. The average molecular weight is 480 g/mol. The summed E-state index contributed by atoms with van der Waals surface area (Å²) in [4.78, 5) is 0. The standard InChI is InChI=1S/C18H18.C5H5.3C2H6N.Ti/c1(5-11-17-13-7-3-8-14-17)2-6-12-18-15-9-4-10-16-18;1-2-4-5-3-1;3*1-3-2;/h1-10,13-16H,11-12H2;1-3H,4H2;3*1-2H3;/q;;3*-1;+3. The molecule has 2 aromatic carbocycles. The third kappa shape index (κ3) is 26.1. The summed E-state index contributed by atoms with van der Waals surface area (Å²) in [5.74, 6) is 0. The monoisotopic (exact) mass is 479 g/mol. The molecular formula is C29H41N3Ti. The van der Waals surface area contributed by atoms with Gasteiger partial charge in [0.15, 0.2) is 0 Å². The number of hydrogen-bond donors (Lipinski definition) is 0. The van der Waals surface area contributed by atoms with Crippen molar-refractivity contribution in [2.24, 2.45) is 0 Å². The fourth-order valence-electron chi connectivity index (χ4n) is 2.24. The first-order chi connectivity index (χ1) is 16.1. The molecule has 0 aromatic heterocycles. The third-order valence-corrected chi connectivity index (χ3v) is 4.13. The zero-order valence-corrected chi connectivity index (χ0v) is 22.8. The van der Waals surface area contributed by atoms with Crippen molar-refractivity contribution in [1.82, 2.24) is 0 Å². The molecule has 4 heteroatoms. The van der Waals surface area contributed by atoms with Gasteiger partial charge in [-0.25, -0.2) is 0 Å². The summed E-state index contributed by atoms with van der Waals surface area (Å²) in [6, 6.07) is 21.0. The Morgan fingerprint density at radius 1 is 0.667 bits per heavy atom. The van der Waals surface area contributed by atoms with Gasteiger partial charge >= 0.3 is 49.0 Å². The second-order valence-corrected chi connectivity index (χ2v) is 7.90. The van der Waals surface area contributed by atoms with Crippen LogP contribution >= 0.6 is 0 Å². The number of benzene rings is 2. The van der Waals surface area contributed by atoms with E-state index >= 15 is 0 Å². The Balaban J connectivity index is 0. The molecule has 0 amide bonds. The molecule has 3 nitrogen and oxygen atoms in total. The topological polar surface area (TPSA) is 42.3 Å². The Hall–Kier alpha value is -2.01. The van der Waals surface area contributed by atoms with Crippen molar-refractivity contribution in [3.8, 4) is 0 Å². The number of hydrogen-bond acceptors (Lipinski definition) is 0. The molecule has 33 heavy (non-hydrogen) atoms. The van der Waals surface area contributed by atoms with Crippen LogP contribution in [0.25, 0.3) is 16.0 Å². The predicted molar refractivity (Wildman–Crippen MR) is 146 cm³/mol. The van der Waals surface area contributed by atoms with Gasteiger partial charge in [0, 0.05) is 0 Å². The van der Waals surface area contributed by atoms with Crippen LogP contribution in [-0.4, -0.2) is 42.3 Å². The van der Waals surface area contributed by atoms with Gasteiger partial charge in [-0.15, -0.1) is 0 Å². The van der Waals surface area contributed by atoms with E-state index in [4.69, 9.17) is 0 Å². The van der Waals surface area contributed by atoms with Gasteiger partial charge in [0.2, 0.25) is 0 Å². The van der Waals surface area contributed by atoms with E-state index in [1.54, 1.807) is 42.3 Å². The normalized spacial score (nSPS) is 11.2. The minimum absolute atomic E-state index is 0.997. The molecule has 0 fully saturated rings. The first-order valence-electron chi connectivity index (χ1n) is 11.0. The van der Waals surface area contributed by atoms with E-state index in [-0.39, 0.29) is 0 Å². The van der Waals surface area contributed by atoms with Gasteiger partial charge in [0.05, 0.1) is 0 Å². The van der Waals surface area contributed by atoms with Crippen molar-refractivity contribution >= 4 is 0 Å². The molecule has 3 rings (SSSR count). The molecule has 0 unspecified atom stereocenters. The van der Waals surface area contributed by atoms with E-state index in [0.29, 0.717) is 0 Å². The van der Waals surface area contributed by atoms with Crippen LogP contribution in [0.15, 0.2) is 107 Å². The zero-order valence-electron chi connectivity index (χ0n) is 21.3. The van der Waals surface area contributed by atoms with Crippen molar-refractivity contribution in [2.45, 2.75) is 19.3 Å². The van der Waals surface area contributed by atoms with Gasteiger partial charge in [0.1, 0.15) is 0 Å². The van der Waals surface area contributed by atoms with Crippen LogP contribution in [0.3, 0.4) is 0 Å². The molecule has 0 bridgehead atoms. The maximum atomic E-state index is 3.50. The Bertz CT molecular complexity index is 697. The zero-order chi connectivity index (χ0) is 25.0. The quantitative estimate of drug-likeness (QED) is 0.310. The number of rotatable bonds is 5. The van der Waals surface area contributed by atoms with Crippen molar-refractivity contribution < 1.29 is 20.4 Å². The first-order valence-corrected chi connectivity index (χ1v) is 11.8. The molecule has 1 aliphatic rings. The fraction of sp³-hybridized carbons (Fsp3) is 0.310. The van der Waals surface area contributed by atoms with Crippen molar-refractivity contribution in [3.63, 3.8) is 0 Å². The molecule has 0 radical (unpaired) electrons. The third-order valence-electron chi connectivity index (χ3n) is 3.55. The fourth-order valence-corrected chi connectivity index (χ4v) is 2.58. The molecule has 0 heterocycles. The molecule has 0 saturated carbocycles. The van der Waals surface area contributed by atoms with Crippen LogP contribution in [0.2, 0.25) is 0 Å². The van der Waals surface area contributed by atoms with E-state index in [9.17, 15) is 0 Å². The van der Waals surface area contributed by atoms with Crippen LogP contribution < -0.4 is 0 Å². The van der Waals surface area contributed by atoms with Crippen molar-refractivity contribution in [3.05, 3.63) is 134 Å². The van der Waals surface area contributed by atoms with Gasteiger partial charge in [-0.1, -0.05) is 85.0 Å². The average Bonchev–Trinajstić information content (AvgIpc) is 3.30. The molecule has 2 aromatic rings. The molecule has 0 atom stereocenters. The van der Waals surface area contributed by atoms with Crippen LogP contribution in [0, 0.1) is 0 Å². The van der Waals surface area contributed by atoms with E-state index in [1.807, 2.05) is 12.1 Å². The summed E-state index contributed by atoms with van der Waals surface area (Å²) in [5, 5.41) is 10.5. The van der Waals surface area contributed by atoms with E-state index < -0.39 is 0 Å². The van der Waals surface area contributed by atoms with Crippen LogP contribution in [0.4, 0.5) is 0 Å². The first kappa shape index (κ1) is 33.2. The second-order valence-electron chi connectivity index (χ2n) is 6.90. The Morgan fingerprint density at radius 3 is 1.27 bits per heavy atom. The summed E-state index contributed by atoms with van der Waals surface area (Å²) >= 11 is 2.14. The van der Waals surface area contributed by atoms with Crippen molar-refractivity contribution in [1.29, 1.82) is 0 Å². The summed E-state index contributed by atoms with van der Waals surface area (Å²) in [6.45, 7) is 0. The molecule has 0 saturated heterocycles. The Labute approximate surface area is 215 Å². The molecule has 0 aliphatic heterocycles. The molecular weight excluding hydrogens is 438 g/mol. The summed E-state index contributed by atoms with van der Waals surface area (Å²) in [5.41, 5.74) is 2.70. The van der Waals surface area contributed by atoms with E-state index in [0.717, 1.165) is 12.8 Å². The van der Waals surface area contributed by atoms with E-state index in [2.05, 4.69) is 127 Å². The Morgan fingerprint density at radius 2 is 1.03 bits per heavy atom. The SMILES string of the molecule is C(C=CCc1ccccc1)=CCc1ccccc1.C[N-]C.C[N-]C.C[N-]C.[Ti+3][C]1=CC=CC1. The van der Waals surface area contributed by atoms with E-state index in [1.165, 1.54) is 21.4 Å². The number of allylic oxidation sites excluding steroid dienone is 8. The van der Waals surface area contributed by atoms with Crippen LogP contribution in [0.1, 0.15) is 17.5 Å². The molecule has 0 spiro atoms. The van der Waals surface area contributed by atoms with Gasteiger partial charge in [-0.05, 0) is 24.0 Å². The van der Waals surface area contributed by atoms with Crippen LogP contribution in [0.5, 0.6) is 0 Å². The van der Waals surface area contributed by atoms with Crippen molar-refractivity contribution in [2.75, 3.05) is 42.3 Å². The maximum absolute atomic E-state index is 3.50. The summed E-state index contributed by atoms with van der Waals surface area (Å²) in [7, 11) is 10.5. The molecule has 176 valence electrons. The van der Waals surface area contributed by atoms with Gasteiger partial charge < -0.3 is 16.0 Å². The summed E-state index contributed by atoms with van der Waals surface area (Å²) in [6.07, 6.45) is 18.2. The van der Waals surface area contributed by atoms with Gasteiger partial charge in [-0.2, -0.15) is 42.3 Å². The summed E-state index contributed by atoms with van der Waals surface area (Å²) < 4.78 is 1.47. The predicted octanol–water partition coefficient (Wildman–Crippen LogP) is 7.82. The number of nitrogens with zero attached hydrogens (tertiary/aromatic N) is 3. The van der Waals surface area contributed by atoms with Gasteiger partial charge in [-0.3, -0.25) is 0 Å². The molecule has 0 N–H and O–H groups in total. The second kappa shape index (κ2) is 28.0.